The Morgan fingerprint density at radius 3 is 2.16 bits per heavy atom. The number of benzene rings is 2. The highest BCUT2D eigenvalue weighted by Gasteiger charge is 2.36. The SMILES string of the molecule is CC[C@@H](C(=O)NC(C)(C)C)N(CCc1ccccc1)C(=O)CN(c1ccc(Cl)c(C(F)(F)F)c1)S(C)(=O)=O. The van der Waals surface area contributed by atoms with Gasteiger partial charge in [0.2, 0.25) is 21.8 Å². The van der Waals surface area contributed by atoms with Crippen LogP contribution in [0.4, 0.5) is 18.9 Å². The summed E-state index contributed by atoms with van der Waals surface area (Å²) in [6, 6.07) is 10.9. The van der Waals surface area contributed by atoms with Gasteiger partial charge in [-0.3, -0.25) is 13.9 Å². The van der Waals surface area contributed by atoms with Gasteiger partial charge in [0.15, 0.2) is 0 Å². The van der Waals surface area contributed by atoms with Gasteiger partial charge >= 0.3 is 6.18 Å². The molecule has 12 heteroatoms. The molecule has 2 rings (SSSR count). The topological polar surface area (TPSA) is 86.8 Å². The van der Waals surface area contributed by atoms with E-state index in [0.29, 0.717) is 16.8 Å². The summed E-state index contributed by atoms with van der Waals surface area (Å²) in [6.07, 6.45) is -3.43. The summed E-state index contributed by atoms with van der Waals surface area (Å²) in [7, 11) is -4.20. The standard InChI is InChI=1S/C26H33ClF3N3O4S/c1-6-22(24(35)31-25(2,3)4)32(15-14-18-10-8-7-9-11-18)23(34)17-33(38(5,36)37)19-12-13-21(27)20(16-19)26(28,29)30/h7-13,16,22H,6,14-15,17H2,1-5H3,(H,31,35)/t22-/m0/s1. The average molecular weight is 576 g/mol. The smallest absolute Gasteiger partial charge is 0.350 e. The first-order valence-corrected chi connectivity index (χ1v) is 14.2. The molecule has 0 spiro atoms. The summed E-state index contributed by atoms with van der Waals surface area (Å²) in [5, 5.41) is 2.24. The van der Waals surface area contributed by atoms with Gasteiger partial charge in [-0.05, 0) is 57.4 Å². The van der Waals surface area contributed by atoms with Crippen LogP contribution in [0.15, 0.2) is 48.5 Å². The first kappa shape index (κ1) is 31.4. The second kappa shape index (κ2) is 12.4. The van der Waals surface area contributed by atoms with E-state index in [0.717, 1.165) is 24.0 Å². The molecule has 1 atom stereocenters. The Labute approximate surface area is 227 Å². The van der Waals surface area contributed by atoms with Crippen LogP contribution in [0.1, 0.15) is 45.2 Å². The summed E-state index contributed by atoms with van der Waals surface area (Å²) in [4.78, 5) is 28.0. The zero-order valence-corrected chi connectivity index (χ0v) is 23.5. The highest BCUT2D eigenvalue weighted by Crippen LogP contribution is 2.37. The number of carbonyl (C=O) groups is 2. The van der Waals surface area contributed by atoms with Gasteiger partial charge in [0.05, 0.1) is 22.5 Å². The van der Waals surface area contributed by atoms with Crippen LogP contribution < -0.4 is 9.62 Å². The van der Waals surface area contributed by atoms with Gasteiger partial charge in [0, 0.05) is 12.1 Å². The predicted octanol–water partition coefficient (Wildman–Crippen LogP) is 4.89. The van der Waals surface area contributed by atoms with E-state index in [2.05, 4.69) is 5.32 Å². The number of rotatable bonds is 10. The van der Waals surface area contributed by atoms with Crippen molar-refractivity contribution in [3.63, 3.8) is 0 Å². The molecule has 0 saturated heterocycles. The summed E-state index contributed by atoms with van der Waals surface area (Å²) < 4.78 is 66.2. The van der Waals surface area contributed by atoms with Crippen molar-refractivity contribution in [2.24, 2.45) is 0 Å². The lowest BCUT2D eigenvalue weighted by atomic mass is 10.1. The number of anilines is 1. The lowest BCUT2D eigenvalue weighted by Gasteiger charge is -2.34. The Morgan fingerprint density at radius 2 is 1.66 bits per heavy atom. The summed E-state index contributed by atoms with van der Waals surface area (Å²) in [6.45, 7) is 6.38. The van der Waals surface area contributed by atoms with E-state index >= 15 is 0 Å². The molecule has 0 aliphatic heterocycles. The highest BCUT2D eigenvalue weighted by atomic mass is 35.5. The van der Waals surface area contributed by atoms with Gasteiger partial charge in [0.1, 0.15) is 12.6 Å². The summed E-state index contributed by atoms with van der Waals surface area (Å²) in [5.41, 5.74) is -1.29. The third-order valence-corrected chi connectivity index (χ3v) is 7.06. The number of hydrogen-bond donors (Lipinski definition) is 1. The van der Waals surface area contributed by atoms with Crippen LogP contribution >= 0.6 is 11.6 Å². The lowest BCUT2D eigenvalue weighted by Crippen LogP contribution is -2.56. The second-order valence-electron chi connectivity index (χ2n) is 9.92. The van der Waals surface area contributed by atoms with E-state index in [4.69, 9.17) is 11.6 Å². The molecule has 0 unspecified atom stereocenters. The van der Waals surface area contributed by atoms with Crippen molar-refractivity contribution in [3.05, 3.63) is 64.7 Å². The normalized spacial score (nSPS) is 13.1. The monoisotopic (exact) mass is 575 g/mol. The van der Waals surface area contributed by atoms with Gasteiger partial charge in [-0.25, -0.2) is 8.42 Å². The fourth-order valence-corrected chi connectivity index (χ4v) is 4.91. The zero-order valence-electron chi connectivity index (χ0n) is 22.0. The minimum absolute atomic E-state index is 0.0882. The van der Waals surface area contributed by atoms with E-state index < -0.39 is 56.7 Å². The fraction of sp³-hybridized carbons (Fsp3) is 0.462. The van der Waals surface area contributed by atoms with Gasteiger partial charge < -0.3 is 10.2 Å². The number of nitrogens with one attached hydrogen (secondary N) is 1. The van der Waals surface area contributed by atoms with Gasteiger partial charge in [-0.15, -0.1) is 0 Å². The highest BCUT2D eigenvalue weighted by molar-refractivity contribution is 7.92. The van der Waals surface area contributed by atoms with Crippen molar-refractivity contribution in [3.8, 4) is 0 Å². The Balaban J connectivity index is 2.47. The molecule has 7 nitrogen and oxygen atoms in total. The molecule has 0 radical (unpaired) electrons. The van der Waals surface area contributed by atoms with Crippen LogP contribution in [0.5, 0.6) is 0 Å². The number of alkyl halides is 3. The molecule has 0 aromatic heterocycles. The maximum Gasteiger partial charge on any atom is 0.417 e. The second-order valence-corrected chi connectivity index (χ2v) is 12.2. The molecule has 2 amide bonds. The van der Waals surface area contributed by atoms with Crippen molar-refractivity contribution in [1.29, 1.82) is 0 Å². The van der Waals surface area contributed by atoms with Gasteiger partial charge in [-0.2, -0.15) is 13.2 Å². The fourth-order valence-electron chi connectivity index (χ4n) is 3.85. The van der Waals surface area contributed by atoms with E-state index in [-0.39, 0.29) is 18.7 Å². The number of amides is 2. The van der Waals surface area contributed by atoms with E-state index in [1.165, 1.54) is 4.90 Å². The molecule has 2 aromatic rings. The van der Waals surface area contributed by atoms with Crippen LogP contribution in [0.2, 0.25) is 5.02 Å². The number of hydrogen-bond acceptors (Lipinski definition) is 4. The largest absolute Gasteiger partial charge is 0.417 e. The molecule has 210 valence electrons. The van der Waals surface area contributed by atoms with Crippen molar-refractivity contribution < 1.29 is 31.2 Å². The maximum absolute atomic E-state index is 13.6. The van der Waals surface area contributed by atoms with Crippen LogP contribution in [0, 0.1) is 0 Å². The molecule has 2 aromatic carbocycles. The van der Waals surface area contributed by atoms with Crippen LogP contribution in [-0.4, -0.2) is 56.1 Å². The number of nitrogens with zero attached hydrogens (tertiary/aromatic N) is 2. The third kappa shape index (κ3) is 8.90. The molecule has 38 heavy (non-hydrogen) atoms. The van der Waals surface area contributed by atoms with Gasteiger partial charge in [-0.1, -0.05) is 48.9 Å². The Kier molecular flexibility index (Phi) is 10.2. The van der Waals surface area contributed by atoms with Crippen LogP contribution in [-0.2, 0) is 32.2 Å². The molecule has 1 N–H and O–H groups in total. The Bertz CT molecular complexity index is 1230. The summed E-state index contributed by atoms with van der Waals surface area (Å²) in [5.74, 6) is -1.15. The molecule has 0 aliphatic carbocycles. The van der Waals surface area contributed by atoms with Crippen molar-refractivity contribution in [1.82, 2.24) is 10.2 Å². The van der Waals surface area contributed by atoms with E-state index in [1.54, 1.807) is 27.7 Å². The third-order valence-electron chi connectivity index (χ3n) is 5.59. The van der Waals surface area contributed by atoms with Crippen LogP contribution in [0.25, 0.3) is 0 Å². The predicted molar refractivity (Wildman–Crippen MR) is 142 cm³/mol. The molecule has 0 fully saturated rings. The first-order chi connectivity index (χ1) is 17.4. The molecule has 0 bridgehead atoms. The number of halogens is 4. The Morgan fingerprint density at radius 1 is 1.05 bits per heavy atom. The van der Waals surface area contributed by atoms with Crippen LogP contribution in [0.3, 0.4) is 0 Å². The maximum atomic E-state index is 13.6. The number of sulfonamides is 1. The van der Waals surface area contributed by atoms with Crippen molar-refractivity contribution >= 4 is 39.1 Å². The molecular formula is C26H33ClF3N3O4S. The van der Waals surface area contributed by atoms with Crippen molar-refractivity contribution in [2.45, 2.75) is 58.3 Å². The minimum Gasteiger partial charge on any atom is -0.350 e. The Hall–Kier alpha value is -2.79. The molecular weight excluding hydrogens is 543 g/mol. The quantitative estimate of drug-likeness (QED) is 0.437. The van der Waals surface area contributed by atoms with Gasteiger partial charge in [0.25, 0.3) is 0 Å². The molecule has 0 saturated carbocycles. The lowest BCUT2D eigenvalue weighted by molar-refractivity contribution is -0.140. The van der Waals surface area contributed by atoms with Crippen molar-refractivity contribution in [2.75, 3.05) is 23.7 Å². The summed E-state index contributed by atoms with van der Waals surface area (Å²) >= 11 is 5.70. The first-order valence-electron chi connectivity index (χ1n) is 11.9. The number of carbonyl (C=O) groups excluding carboxylic acids is 2. The molecule has 0 heterocycles. The zero-order chi connectivity index (χ0) is 28.9. The minimum atomic E-state index is -4.83. The van der Waals surface area contributed by atoms with E-state index in [9.17, 15) is 31.2 Å². The molecule has 0 aliphatic rings. The van der Waals surface area contributed by atoms with E-state index in [1.807, 2.05) is 30.3 Å². The average Bonchev–Trinajstić information content (AvgIpc) is 2.78.